The number of carboxylic acids is 1. The Labute approximate surface area is 88.6 Å². The van der Waals surface area contributed by atoms with Gasteiger partial charge in [0.05, 0.1) is 5.92 Å². The Morgan fingerprint density at radius 2 is 2.29 bits per heavy atom. The van der Waals surface area contributed by atoms with Gasteiger partial charge in [-0.1, -0.05) is 0 Å². The van der Waals surface area contributed by atoms with Crippen molar-refractivity contribution in [2.75, 3.05) is 18.1 Å². The maximum Gasteiger partial charge on any atom is 0.306 e. The summed E-state index contributed by atoms with van der Waals surface area (Å²) in [7, 11) is 0. The third kappa shape index (κ3) is 2.23. The Morgan fingerprint density at radius 1 is 1.43 bits per heavy atom. The first kappa shape index (κ1) is 10.3. The van der Waals surface area contributed by atoms with Gasteiger partial charge in [0.15, 0.2) is 0 Å². The molecule has 80 valence electrons. The van der Waals surface area contributed by atoms with Gasteiger partial charge in [0.1, 0.15) is 0 Å². The molecule has 0 spiro atoms. The molecule has 0 radical (unpaired) electrons. The second-order valence-electron chi connectivity index (χ2n) is 4.24. The molecule has 2 aliphatic rings. The fraction of sp³-hybridized carbons (Fsp3) is 0.900. The van der Waals surface area contributed by atoms with Gasteiger partial charge in [-0.05, 0) is 43.2 Å². The minimum atomic E-state index is -0.609. The highest BCUT2D eigenvalue weighted by Gasteiger charge is 2.32. The van der Waals surface area contributed by atoms with E-state index in [1.807, 2.05) is 11.8 Å². The van der Waals surface area contributed by atoms with Crippen LogP contribution in [0.25, 0.3) is 0 Å². The fourth-order valence-corrected chi connectivity index (χ4v) is 3.74. The molecule has 0 bridgehead atoms. The summed E-state index contributed by atoms with van der Waals surface area (Å²) in [5, 5.41) is 12.4. The van der Waals surface area contributed by atoms with E-state index in [1.54, 1.807) is 0 Å². The van der Waals surface area contributed by atoms with Crippen LogP contribution in [0.3, 0.4) is 0 Å². The number of thioether (sulfide) groups is 1. The van der Waals surface area contributed by atoms with Crippen molar-refractivity contribution >= 4 is 17.7 Å². The van der Waals surface area contributed by atoms with E-state index in [-0.39, 0.29) is 5.92 Å². The molecular formula is C10H17NO2S. The number of nitrogens with one attached hydrogen (secondary N) is 1. The summed E-state index contributed by atoms with van der Waals surface area (Å²) in [5.41, 5.74) is 0. The van der Waals surface area contributed by atoms with Crippen molar-refractivity contribution in [1.82, 2.24) is 5.32 Å². The van der Waals surface area contributed by atoms with Crippen LogP contribution >= 0.6 is 11.8 Å². The molecule has 2 heterocycles. The third-order valence-corrected chi connectivity index (χ3v) is 4.51. The molecule has 2 aliphatic heterocycles. The number of hydrogen-bond acceptors (Lipinski definition) is 3. The first-order chi connectivity index (χ1) is 6.77. The van der Waals surface area contributed by atoms with Gasteiger partial charge in [-0.2, -0.15) is 11.8 Å². The Balaban J connectivity index is 1.89. The molecule has 4 heteroatoms. The van der Waals surface area contributed by atoms with Crippen LogP contribution in [0.15, 0.2) is 0 Å². The smallest absolute Gasteiger partial charge is 0.306 e. The number of piperidine rings is 1. The van der Waals surface area contributed by atoms with Crippen molar-refractivity contribution < 1.29 is 9.90 Å². The predicted octanol–water partition coefficient (Wildman–Crippen LogP) is 1.19. The number of rotatable bonds is 2. The van der Waals surface area contributed by atoms with Gasteiger partial charge >= 0.3 is 5.97 Å². The molecule has 0 aromatic carbocycles. The number of carbonyl (C=O) groups is 1. The highest BCUT2D eigenvalue weighted by Crippen LogP contribution is 2.31. The van der Waals surface area contributed by atoms with Crippen molar-refractivity contribution in [3.63, 3.8) is 0 Å². The summed E-state index contributed by atoms with van der Waals surface area (Å²) < 4.78 is 0. The van der Waals surface area contributed by atoms with E-state index in [9.17, 15) is 4.79 Å². The van der Waals surface area contributed by atoms with E-state index >= 15 is 0 Å². The lowest BCUT2D eigenvalue weighted by Crippen LogP contribution is -2.44. The molecule has 0 aromatic heterocycles. The molecule has 2 N–H and O–H groups in total. The topological polar surface area (TPSA) is 49.3 Å². The molecule has 2 rings (SSSR count). The first-order valence-electron chi connectivity index (χ1n) is 5.31. The minimum Gasteiger partial charge on any atom is -0.481 e. The monoisotopic (exact) mass is 215 g/mol. The van der Waals surface area contributed by atoms with Crippen LogP contribution in [0.2, 0.25) is 0 Å². The zero-order valence-corrected chi connectivity index (χ0v) is 9.05. The standard InChI is InChI=1S/C10H17NO2S/c12-10(13)7-1-3-11-9(5-7)8-2-4-14-6-8/h7-9,11H,1-6H2,(H,12,13). The lowest BCUT2D eigenvalue weighted by molar-refractivity contribution is -0.143. The zero-order valence-electron chi connectivity index (χ0n) is 8.24. The molecule has 0 aromatic rings. The van der Waals surface area contributed by atoms with Gasteiger partial charge in [0.25, 0.3) is 0 Å². The van der Waals surface area contributed by atoms with E-state index in [2.05, 4.69) is 5.32 Å². The molecule has 3 unspecified atom stereocenters. The fourth-order valence-electron chi connectivity index (χ4n) is 2.40. The number of aliphatic carboxylic acids is 1. The van der Waals surface area contributed by atoms with Crippen LogP contribution in [0, 0.1) is 11.8 Å². The summed E-state index contributed by atoms with van der Waals surface area (Å²) in [6.07, 6.45) is 2.89. The van der Waals surface area contributed by atoms with E-state index in [0.29, 0.717) is 12.0 Å². The normalized spacial score (nSPS) is 38.4. The highest BCUT2D eigenvalue weighted by atomic mass is 32.2. The summed E-state index contributed by atoms with van der Waals surface area (Å²) in [6, 6.07) is 0.458. The minimum absolute atomic E-state index is 0.105. The maximum absolute atomic E-state index is 10.9. The Kier molecular flexibility index (Phi) is 3.34. The Morgan fingerprint density at radius 3 is 2.93 bits per heavy atom. The van der Waals surface area contributed by atoms with E-state index < -0.39 is 5.97 Å². The molecule has 3 atom stereocenters. The van der Waals surface area contributed by atoms with E-state index in [1.165, 1.54) is 17.9 Å². The number of carboxylic acid groups (broad SMARTS) is 1. The maximum atomic E-state index is 10.9. The van der Waals surface area contributed by atoms with Crippen LogP contribution in [-0.2, 0) is 4.79 Å². The molecule has 3 nitrogen and oxygen atoms in total. The second-order valence-corrected chi connectivity index (χ2v) is 5.39. The van der Waals surface area contributed by atoms with Crippen molar-refractivity contribution in [3.8, 4) is 0 Å². The highest BCUT2D eigenvalue weighted by molar-refractivity contribution is 7.99. The van der Waals surface area contributed by atoms with E-state index in [4.69, 9.17) is 5.11 Å². The number of hydrogen-bond donors (Lipinski definition) is 2. The van der Waals surface area contributed by atoms with Gasteiger partial charge in [-0.3, -0.25) is 4.79 Å². The van der Waals surface area contributed by atoms with Gasteiger partial charge in [-0.15, -0.1) is 0 Å². The zero-order chi connectivity index (χ0) is 9.97. The molecule has 0 aliphatic carbocycles. The molecule has 0 amide bonds. The summed E-state index contributed by atoms with van der Waals surface area (Å²) >= 11 is 2.00. The SMILES string of the molecule is O=C(O)C1CCNC(C2CCSC2)C1. The average Bonchev–Trinajstić information content (AvgIpc) is 2.71. The molecule has 0 saturated carbocycles. The van der Waals surface area contributed by atoms with Crippen LogP contribution in [-0.4, -0.2) is 35.2 Å². The van der Waals surface area contributed by atoms with Crippen molar-refractivity contribution in [3.05, 3.63) is 0 Å². The first-order valence-corrected chi connectivity index (χ1v) is 6.47. The van der Waals surface area contributed by atoms with Crippen LogP contribution in [0.4, 0.5) is 0 Å². The van der Waals surface area contributed by atoms with Crippen molar-refractivity contribution in [1.29, 1.82) is 0 Å². The lowest BCUT2D eigenvalue weighted by atomic mass is 9.85. The predicted molar refractivity (Wildman–Crippen MR) is 57.6 cm³/mol. The summed E-state index contributed by atoms with van der Waals surface area (Å²) in [6.45, 7) is 0.878. The average molecular weight is 215 g/mol. The quantitative estimate of drug-likeness (QED) is 0.726. The molecule has 2 saturated heterocycles. The summed E-state index contributed by atoms with van der Waals surface area (Å²) in [4.78, 5) is 10.9. The molecule has 14 heavy (non-hydrogen) atoms. The van der Waals surface area contributed by atoms with Gasteiger partial charge in [0, 0.05) is 6.04 Å². The molecule has 2 fully saturated rings. The Hall–Kier alpha value is -0.220. The van der Waals surface area contributed by atoms with Gasteiger partial charge in [0.2, 0.25) is 0 Å². The van der Waals surface area contributed by atoms with Crippen molar-refractivity contribution in [2.24, 2.45) is 11.8 Å². The van der Waals surface area contributed by atoms with Crippen LogP contribution < -0.4 is 5.32 Å². The Bertz CT molecular complexity index is 216. The lowest BCUT2D eigenvalue weighted by Gasteiger charge is -2.31. The van der Waals surface area contributed by atoms with Gasteiger partial charge in [-0.25, -0.2) is 0 Å². The van der Waals surface area contributed by atoms with E-state index in [0.717, 1.165) is 19.4 Å². The van der Waals surface area contributed by atoms with Crippen LogP contribution in [0.5, 0.6) is 0 Å². The second kappa shape index (κ2) is 4.53. The third-order valence-electron chi connectivity index (χ3n) is 3.32. The molecular weight excluding hydrogens is 198 g/mol. The van der Waals surface area contributed by atoms with Gasteiger partial charge < -0.3 is 10.4 Å². The van der Waals surface area contributed by atoms with Crippen molar-refractivity contribution in [2.45, 2.75) is 25.3 Å². The largest absolute Gasteiger partial charge is 0.481 e. The summed E-state index contributed by atoms with van der Waals surface area (Å²) in [5.74, 6) is 2.46. The van der Waals surface area contributed by atoms with Crippen LogP contribution in [0.1, 0.15) is 19.3 Å².